The number of nitrogens with zero attached hydrogens (tertiary/aromatic N) is 1. The van der Waals surface area contributed by atoms with Crippen LogP contribution in [0.4, 0.5) is 4.79 Å². The number of sulfone groups is 1. The van der Waals surface area contributed by atoms with Crippen LogP contribution in [0, 0.1) is 0 Å². The van der Waals surface area contributed by atoms with Gasteiger partial charge in [-0.2, -0.15) is 0 Å². The zero-order chi connectivity index (χ0) is 16.5. The molecular formula is C17H24N2O3S. The van der Waals surface area contributed by atoms with Crippen LogP contribution in [0.1, 0.15) is 30.9 Å². The van der Waals surface area contributed by atoms with Gasteiger partial charge < -0.3 is 10.2 Å². The fourth-order valence-electron chi connectivity index (χ4n) is 3.61. The van der Waals surface area contributed by atoms with E-state index in [1.54, 1.807) is 4.90 Å². The number of hydrogen-bond donors (Lipinski definition) is 1. The Kier molecular flexibility index (Phi) is 4.36. The summed E-state index contributed by atoms with van der Waals surface area (Å²) in [6, 6.07) is 8.30. The van der Waals surface area contributed by atoms with Gasteiger partial charge in [0.1, 0.15) is 0 Å². The summed E-state index contributed by atoms with van der Waals surface area (Å²) in [7, 11) is -2.96. The summed E-state index contributed by atoms with van der Waals surface area (Å²) in [5.74, 6) is 0.140. The minimum atomic E-state index is -2.96. The molecule has 3 rings (SSSR count). The number of carbonyl (C=O) groups excluding carboxylic acids is 1. The fourth-order valence-corrected chi connectivity index (χ4v) is 4.81. The summed E-state index contributed by atoms with van der Waals surface area (Å²) in [6.45, 7) is 3.38. The SMILES string of the molecule is C[C@]1(CNC(=O)N2CCS(=O)(=O)CC2)CCCc2ccccc21. The molecule has 5 nitrogen and oxygen atoms in total. The van der Waals surface area contributed by atoms with Crippen molar-refractivity contribution in [1.29, 1.82) is 0 Å². The molecule has 0 aromatic heterocycles. The van der Waals surface area contributed by atoms with Crippen molar-refractivity contribution in [2.75, 3.05) is 31.1 Å². The van der Waals surface area contributed by atoms with Gasteiger partial charge in [-0.25, -0.2) is 13.2 Å². The molecule has 1 saturated heterocycles. The van der Waals surface area contributed by atoms with Crippen molar-refractivity contribution in [3.63, 3.8) is 0 Å². The van der Waals surface area contributed by atoms with Crippen LogP contribution in [0.15, 0.2) is 24.3 Å². The van der Waals surface area contributed by atoms with E-state index >= 15 is 0 Å². The summed E-state index contributed by atoms with van der Waals surface area (Å²) in [5, 5.41) is 3.02. The Balaban J connectivity index is 1.63. The number of fused-ring (bicyclic) bond motifs is 1. The number of hydrogen-bond acceptors (Lipinski definition) is 3. The number of benzene rings is 1. The monoisotopic (exact) mass is 336 g/mol. The highest BCUT2D eigenvalue weighted by Crippen LogP contribution is 2.36. The molecule has 1 N–H and O–H groups in total. The first-order chi connectivity index (χ1) is 10.9. The second-order valence-corrected chi connectivity index (χ2v) is 9.17. The maximum atomic E-state index is 12.3. The first-order valence-electron chi connectivity index (χ1n) is 8.21. The van der Waals surface area contributed by atoms with E-state index in [0.29, 0.717) is 19.6 Å². The van der Waals surface area contributed by atoms with Crippen LogP contribution >= 0.6 is 0 Å². The van der Waals surface area contributed by atoms with Gasteiger partial charge in [0.2, 0.25) is 0 Å². The Hall–Kier alpha value is -1.56. The smallest absolute Gasteiger partial charge is 0.317 e. The molecule has 0 radical (unpaired) electrons. The van der Waals surface area contributed by atoms with E-state index in [-0.39, 0.29) is 23.0 Å². The maximum Gasteiger partial charge on any atom is 0.317 e. The molecule has 1 aliphatic carbocycles. The Morgan fingerprint density at radius 3 is 2.70 bits per heavy atom. The van der Waals surface area contributed by atoms with Crippen LogP contribution in [0.5, 0.6) is 0 Å². The van der Waals surface area contributed by atoms with Gasteiger partial charge >= 0.3 is 6.03 Å². The van der Waals surface area contributed by atoms with Gasteiger partial charge in [0.25, 0.3) is 0 Å². The third-order valence-corrected chi connectivity index (χ3v) is 6.71. The van der Waals surface area contributed by atoms with Crippen molar-refractivity contribution < 1.29 is 13.2 Å². The molecule has 1 atom stereocenters. The lowest BCUT2D eigenvalue weighted by Gasteiger charge is -2.37. The molecule has 1 aromatic rings. The largest absolute Gasteiger partial charge is 0.337 e. The average molecular weight is 336 g/mol. The number of aryl methyl sites for hydroxylation is 1. The second kappa shape index (κ2) is 6.15. The van der Waals surface area contributed by atoms with Crippen molar-refractivity contribution in [3.05, 3.63) is 35.4 Å². The molecule has 0 unspecified atom stereocenters. The Labute approximate surface area is 138 Å². The third kappa shape index (κ3) is 3.52. The molecule has 2 aliphatic rings. The molecule has 1 heterocycles. The lowest BCUT2D eigenvalue weighted by atomic mass is 9.71. The third-order valence-electron chi connectivity index (χ3n) is 5.10. The van der Waals surface area contributed by atoms with Crippen LogP contribution in [0.25, 0.3) is 0 Å². The predicted octanol–water partition coefficient (Wildman–Crippen LogP) is 1.72. The van der Waals surface area contributed by atoms with E-state index in [1.807, 2.05) is 0 Å². The quantitative estimate of drug-likeness (QED) is 0.894. The van der Waals surface area contributed by atoms with Gasteiger partial charge in [-0.15, -0.1) is 0 Å². The van der Waals surface area contributed by atoms with Gasteiger partial charge in [-0.1, -0.05) is 31.2 Å². The normalized spacial score (nSPS) is 26.4. The topological polar surface area (TPSA) is 66.5 Å². The lowest BCUT2D eigenvalue weighted by Crippen LogP contribution is -2.51. The first kappa shape index (κ1) is 16.3. The highest BCUT2D eigenvalue weighted by molar-refractivity contribution is 7.91. The second-order valence-electron chi connectivity index (χ2n) is 6.87. The zero-order valence-corrected chi connectivity index (χ0v) is 14.4. The molecule has 0 saturated carbocycles. The molecule has 0 spiro atoms. The summed E-state index contributed by atoms with van der Waals surface area (Å²) in [5.41, 5.74) is 2.65. The van der Waals surface area contributed by atoms with E-state index < -0.39 is 9.84 Å². The number of rotatable bonds is 2. The van der Waals surface area contributed by atoms with Gasteiger partial charge in [-0.3, -0.25) is 0 Å². The standard InChI is InChI=1S/C17H24N2O3S/c1-17(8-4-6-14-5-2-3-7-15(14)17)13-18-16(20)19-9-11-23(21,22)12-10-19/h2-3,5,7H,4,6,8-13H2,1H3,(H,18,20)/t17-/m1/s1. The maximum absolute atomic E-state index is 12.3. The molecule has 1 aliphatic heterocycles. The van der Waals surface area contributed by atoms with Gasteiger partial charge in [0, 0.05) is 25.0 Å². The van der Waals surface area contributed by atoms with E-state index in [0.717, 1.165) is 19.3 Å². The minimum Gasteiger partial charge on any atom is -0.337 e. The average Bonchev–Trinajstić information content (AvgIpc) is 2.53. The Bertz CT molecular complexity index is 688. The summed E-state index contributed by atoms with van der Waals surface area (Å²) < 4.78 is 22.9. The number of urea groups is 1. The molecular weight excluding hydrogens is 312 g/mol. The van der Waals surface area contributed by atoms with E-state index in [2.05, 4.69) is 36.5 Å². The molecule has 1 fully saturated rings. The molecule has 2 amide bonds. The van der Waals surface area contributed by atoms with Crippen LogP contribution in [-0.2, 0) is 21.7 Å². The van der Waals surface area contributed by atoms with E-state index in [1.165, 1.54) is 11.1 Å². The van der Waals surface area contributed by atoms with Gasteiger partial charge in [0.15, 0.2) is 9.84 Å². The van der Waals surface area contributed by atoms with Gasteiger partial charge in [0.05, 0.1) is 11.5 Å². The van der Waals surface area contributed by atoms with Crippen LogP contribution < -0.4 is 5.32 Å². The summed E-state index contributed by atoms with van der Waals surface area (Å²) >= 11 is 0. The van der Waals surface area contributed by atoms with Crippen molar-refractivity contribution >= 4 is 15.9 Å². The van der Waals surface area contributed by atoms with Crippen LogP contribution in [-0.4, -0.2) is 50.5 Å². The highest BCUT2D eigenvalue weighted by Gasteiger charge is 2.33. The molecule has 23 heavy (non-hydrogen) atoms. The molecule has 6 heteroatoms. The molecule has 1 aromatic carbocycles. The van der Waals surface area contributed by atoms with Crippen molar-refractivity contribution in [2.45, 2.75) is 31.6 Å². The first-order valence-corrected chi connectivity index (χ1v) is 10.0. The van der Waals surface area contributed by atoms with Gasteiger partial charge in [-0.05, 0) is 30.4 Å². The fraction of sp³-hybridized carbons (Fsp3) is 0.588. The number of carbonyl (C=O) groups is 1. The van der Waals surface area contributed by atoms with Crippen molar-refractivity contribution in [2.24, 2.45) is 0 Å². The van der Waals surface area contributed by atoms with Crippen molar-refractivity contribution in [3.8, 4) is 0 Å². The summed E-state index contributed by atoms with van der Waals surface area (Å²) in [6.07, 6.45) is 3.29. The van der Waals surface area contributed by atoms with Crippen LogP contribution in [0.3, 0.4) is 0 Å². The zero-order valence-electron chi connectivity index (χ0n) is 13.5. The van der Waals surface area contributed by atoms with E-state index in [9.17, 15) is 13.2 Å². The Morgan fingerprint density at radius 1 is 1.26 bits per heavy atom. The van der Waals surface area contributed by atoms with E-state index in [4.69, 9.17) is 0 Å². The molecule has 0 bridgehead atoms. The Morgan fingerprint density at radius 2 is 1.96 bits per heavy atom. The summed E-state index contributed by atoms with van der Waals surface area (Å²) in [4.78, 5) is 13.9. The number of nitrogens with one attached hydrogen (secondary N) is 1. The lowest BCUT2D eigenvalue weighted by molar-refractivity contribution is 0.198. The highest BCUT2D eigenvalue weighted by atomic mass is 32.2. The minimum absolute atomic E-state index is 0.0492. The molecule has 126 valence electrons. The predicted molar refractivity (Wildman–Crippen MR) is 90.4 cm³/mol. The number of amides is 2. The van der Waals surface area contributed by atoms with Crippen molar-refractivity contribution in [1.82, 2.24) is 10.2 Å². The van der Waals surface area contributed by atoms with Crippen LogP contribution in [0.2, 0.25) is 0 Å².